The van der Waals surface area contributed by atoms with E-state index in [0.29, 0.717) is 37.7 Å². The van der Waals surface area contributed by atoms with Crippen molar-refractivity contribution in [3.05, 3.63) is 23.8 Å². The number of nitrogens with two attached hydrogens (primary N) is 1. The summed E-state index contributed by atoms with van der Waals surface area (Å²) in [6, 6.07) is 3.29. The quantitative estimate of drug-likeness (QED) is 0.693. The largest absolute Gasteiger partial charge is 0.481 e. The van der Waals surface area contributed by atoms with E-state index >= 15 is 0 Å². The maximum Gasteiger partial charge on any atom is 0.322 e. The van der Waals surface area contributed by atoms with Crippen LogP contribution in [0.1, 0.15) is 0 Å². The second kappa shape index (κ2) is 7.19. The number of piperazine rings is 1. The van der Waals surface area contributed by atoms with Crippen molar-refractivity contribution in [1.82, 2.24) is 24.8 Å². The number of nitrogens with zero attached hydrogens (tertiary/aromatic N) is 6. The van der Waals surface area contributed by atoms with Crippen LogP contribution in [0, 0.1) is 0 Å². The smallest absolute Gasteiger partial charge is 0.322 e. The fourth-order valence-corrected chi connectivity index (χ4v) is 3.54. The number of methoxy groups -OCH3 is 1. The molecule has 4 rings (SSSR count). The van der Waals surface area contributed by atoms with Gasteiger partial charge in [-0.3, -0.25) is 0 Å². The van der Waals surface area contributed by atoms with Gasteiger partial charge in [-0.15, -0.1) is 11.3 Å². The van der Waals surface area contributed by atoms with E-state index in [-0.39, 0.29) is 12.0 Å². The topological polar surface area (TPSA) is 122 Å². The molecule has 140 valence electrons. The molecule has 3 aromatic heterocycles. The number of amides is 2. The van der Waals surface area contributed by atoms with Gasteiger partial charge in [-0.1, -0.05) is 0 Å². The van der Waals surface area contributed by atoms with E-state index in [1.54, 1.807) is 35.8 Å². The minimum atomic E-state index is -0.164. The molecule has 1 saturated heterocycles. The molecule has 1 fully saturated rings. The first-order valence-electron chi connectivity index (χ1n) is 8.31. The Morgan fingerprint density at radius 1 is 1.22 bits per heavy atom. The summed E-state index contributed by atoms with van der Waals surface area (Å²) in [7, 11) is 1.55. The van der Waals surface area contributed by atoms with Gasteiger partial charge in [0.2, 0.25) is 11.8 Å². The molecule has 0 aromatic carbocycles. The Hall–Kier alpha value is -3.21. The summed E-state index contributed by atoms with van der Waals surface area (Å²) in [6.45, 7) is 2.39. The number of thiazole rings is 1. The lowest BCUT2D eigenvalue weighted by atomic mass is 10.3. The van der Waals surface area contributed by atoms with Crippen molar-refractivity contribution in [2.75, 3.05) is 49.2 Å². The highest BCUT2D eigenvalue weighted by Gasteiger charge is 2.24. The van der Waals surface area contributed by atoms with E-state index in [1.807, 2.05) is 0 Å². The van der Waals surface area contributed by atoms with Crippen LogP contribution < -0.4 is 20.7 Å². The second-order valence-electron chi connectivity index (χ2n) is 5.91. The molecule has 0 bridgehead atoms. The highest BCUT2D eigenvalue weighted by molar-refractivity contribution is 7.16. The first kappa shape index (κ1) is 17.2. The van der Waals surface area contributed by atoms with Gasteiger partial charge in [0.05, 0.1) is 24.5 Å². The molecule has 3 N–H and O–H groups in total. The van der Waals surface area contributed by atoms with E-state index in [4.69, 9.17) is 10.5 Å². The van der Waals surface area contributed by atoms with Crippen molar-refractivity contribution in [2.24, 2.45) is 0 Å². The predicted molar refractivity (Wildman–Crippen MR) is 103 cm³/mol. The molecule has 0 radical (unpaired) electrons. The van der Waals surface area contributed by atoms with Crippen LogP contribution in [0.3, 0.4) is 0 Å². The van der Waals surface area contributed by atoms with Gasteiger partial charge in [-0.25, -0.2) is 19.7 Å². The minimum Gasteiger partial charge on any atom is -0.481 e. The second-order valence-corrected chi connectivity index (χ2v) is 6.74. The van der Waals surface area contributed by atoms with Crippen molar-refractivity contribution >= 4 is 45.2 Å². The Labute approximate surface area is 159 Å². The van der Waals surface area contributed by atoms with Crippen LogP contribution in [0.15, 0.2) is 23.8 Å². The number of urea groups is 1. The fraction of sp³-hybridized carbons (Fsp3) is 0.312. The number of anilines is 3. The molecule has 0 unspecified atom stereocenters. The number of hydrogen-bond acceptors (Lipinski definition) is 9. The number of nitrogen functional groups attached to an aromatic ring is 1. The highest BCUT2D eigenvalue weighted by Crippen LogP contribution is 2.26. The van der Waals surface area contributed by atoms with E-state index in [0.717, 1.165) is 16.2 Å². The van der Waals surface area contributed by atoms with Crippen LogP contribution in [0.4, 0.5) is 22.2 Å². The standard InChI is InChI=1S/C16H18N8O2S/c1-26-11-3-2-10(8-18-11)20-16(25)24-6-4-23(5-7-24)13-12-14(27-9-19-12)22-15(17)21-13/h2-3,8-9H,4-7H2,1H3,(H,20,25)(H2,17,21,22). The Balaban J connectivity index is 1.40. The summed E-state index contributed by atoms with van der Waals surface area (Å²) in [4.78, 5) is 34.1. The third-order valence-corrected chi connectivity index (χ3v) is 4.98. The van der Waals surface area contributed by atoms with Gasteiger partial charge in [0.1, 0.15) is 5.52 Å². The normalized spacial score (nSPS) is 14.4. The SMILES string of the molecule is COc1ccc(NC(=O)N2CCN(c3nc(N)nc4scnc34)CC2)cn1. The molecule has 2 amide bonds. The van der Waals surface area contributed by atoms with Crippen molar-refractivity contribution < 1.29 is 9.53 Å². The average Bonchev–Trinajstić information content (AvgIpc) is 3.16. The molecule has 27 heavy (non-hydrogen) atoms. The maximum atomic E-state index is 12.5. The summed E-state index contributed by atoms with van der Waals surface area (Å²) in [5, 5.41) is 2.85. The zero-order valence-electron chi connectivity index (χ0n) is 14.6. The van der Waals surface area contributed by atoms with Gasteiger partial charge in [0.15, 0.2) is 10.6 Å². The third kappa shape index (κ3) is 3.53. The lowest BCUT2D eigenvalue weighted by Crippen LogP contribution is -2.50. The molecule has 0 atom stereocenters. The van der Waals surface area contributed by atoms with Crippen LogP contribution in [0.5, 0.6) is 5.88 Å². The summed E-state index contributed by atoms with van der Waals surface area (Å²) in [5.74, 6) is 1.45. The molecule has 0 saturated carbocycles. The first-order chi connectivity index (χ1) is 13.1. The molecule has 1 aliphatic heterocycles. The average molecular weight is 386 g/mol. The summed E-state index contributed by atoms with van der Waals surface area (Å²) in [6.07, 6.45) is 1.57. The molecule has 0 aliphatic carbocycles. The minimum absolute atomic E-state index is 0.164. The van der Waals surface area contributed by atoms with Crippen molar-refractivity contribution in [3.8, 4) is 5.88 Å². The molecule has 1 aliphatic rings. The van der Waals surface area contributed by atoms with Crippen molar-refractivity contribution in [1.29, 1.82) is 0 Å². The molecular formula is C16H18N8O2S. The number of aromatic nitrogens is 4. The molecule has 3 aromatic rings. The van der Waals surface area contributed by atoms with Crippen LogP contribution in [-0.4, -0.2) is 64.2 Å². The van der Waals surface area contributed by atoms with Gasteiger partial charge >= 0.3 is 6.03 Å². The van der Waals surface area contributed by atoms with Crippen LogP contribution >= 0.6 is 11.3 Å². The van der Waals surface area contributed by atoms with Crippen molar-refractivity contribution in [2.45, 2.75) is 0 Å². The van der Waals surface area contributed by atoms with Crippen LogP contribution in [0.25, 0.3) is 10.3 Å². The molecule has 11 heteroatoms. The van der Waals surface area contributed by atoms with Crippen molar-refractivity contribution in [3.63, 3.8) is 0 Å². The number of carbonyl (C=O) groups excluding carboxylic acids is 1. The number of fused-ring (bicyclic) bond motifs is 1. The fourth-order valence-electron chi connectivity index (χ4n) is 2.88. The maximum absolute atomic E-state index is 12.5. The summed E-state index contributed by atoms with van der Waals surface area (Å²) >= 11 is 1.43. The van der Waals surface area contributed by atoms with Gasteiger partial charge in [0, 0.05) is 32.2 Å². The zero-order valence-corrected chi connectivity index (χ0v) is 15.4. The van der Waals surface area contributed by atoms with Crippen LogP contribution in [0.2, 0.25) is 0 Å². The lowest BCUT2D eigenvalue weighted by Gasteiger charge is -2.35. The number of ether oxygens (including phenoxy) is 1. The number of nitrogens with one attached hydrogen (secondary N) is 1. The Kier molecular flexibility index (Phi) is 4.59. The molecule has 4 heterocycles. The third-order valence-electron chi connectivity index (χ3n) is 4.26. The predicted octanol–water partition coefficient (Wildman–Crippen LogP) is 1.43. The Morgan fingerprint density at radius 2 is 2.04 bits per heavy atom. The zero-order chi connectivity index (χ0) is 18.8. The monoisotopic (exact) mass is 386 g/mol. The first-order valence-corrected chi connectivity index (χ1v) is 9.19. The molecular weight excluding hydrogens is 368 g/mol. The van der Waals surface area contributed by atoms with Gasteiger partial charge in [-0.2, -0.15) is 4.98 Å². The van der Waals surface area contributed by atoms with E-state index in [9.17, 15) is 4.79 Å². The Bertz CT molecular complexity index is 953. The summed E-state index contributed by atoms with van der Waals surface area (Å²) < 4.78 is 5.01. The van der Waals surface area contributed by atoms with Crippen LogP contribution in [-0.2, 0) is 0 Å². The van der Waals surface area contributed by atoms with E-state index in [2.05, 4.69) is 30.2 Å². The number of pyridine rings is 1. The molecule has 10 nitrogen and oxygen atoms in total. The Morgan fingerprint density at radius 3 is 2.74 bits per heavy atom. The number of carbonyl (C=O) groups is 1. The molecule has 0 spiro atoms. The van der Waals surface area contributed by atoms with Gasteiger partial charge in [0.25, 0.3) is 0 Å². The van der Waals surface area contributed by atoms with E-state index in [1.165, 1.54) is 11.3 Å². The summed E-state index contributed by atoms with van der Waals surface area (Å²) in [5.41, 5.74) is 8.91. The van der Waals surface area contributed by atoms with Gasteiger partial charge < -0.3 is 25.6 Å². The van der Waals surface area contributed by atoms with E-state index < -0.39 is 0 Å². The lowest BCUT2D eigenvalue weighted by molar-refractivity contribution is 0.208. The highest BCUT2D eigenvalue weighted by atomic mass is 32.1. The number of rotatable bonds is 3. The number of hydrogen-bond donors (Lipinski definition) is 2. The van der Waals surface area contributed by atoms with Gasteiger partial charge in [-0.05, 0) is 6.07 Å².